The average Bonchev–Trinajstić information content (AvgIpc) is 2.56. The Kier molecular flexibility index (Phi) is 5.57. The van der Waals surface area contributed by atoms with Gasteiger partial charge in [0.2, 0.25) is 0 Å². The second kappa shape index (κ2) is 7.84. The number of rotatable bonds is 5. The lowest BCUT2D eigenvalue weighted by Gasteiger charge is -2.20. The van der Waals surface area contributed by atoms with Crippen molar-refractivity contribution in [3.05, 3.63) is 60.2 Å². The molecule has 0 aliphatic rings. The van der Waals surface area contributed by atoms with Crippen LogP contribution in [0.1, 0.15) is 17.3 Å². The van der Waals surface area contributed by atoms with Gasteiger partial charge in [-0.15, -0.1) is 0 Å². The molecular weight excluding hydrogens is 294 g/mol. The molecule has 0 heterocycles. The van der Waals surface area contributed by atoms with Gasteiger partial charge < -0.3 is 4.74 Å². The van der Waals surface area contributed by atoms with Gasteiger partial charge in [-0.05, 0) is 43.3 Å². The van der Waals surface area contributed by atoms with Crippen molar-refractivity contribution in [3.8, 4) is 0 Å². The molecule has 0 spiro atoms. The van der Waals surface area contributed by atoms with Crippen molar-refractivity contribution < 1.29 is 14.3 Å². The highest BCUT2D eigenvalue weighted by Crippen LogP contribution is 2.12. The normalized spacial score (nSPS) is 9.83. The molecule has 0 aliphatic carbocycles. The molecule has 0 aliphatic heterocycles. The summed E-state index contributed by atoms with van der Waals surface area (Å²) in [5.41, 5.74) is 4.71. The van der Waals surface area contributed by atoms with Gasteiger partial charge in [-0.1, -0.05) is 18.2 Å². The standard InChI is InChI=1S/C17H19N3O3/c1-3-23-17(22)18-14-11-9-13(10-12-14)16(21)19-20(2)15-7-5-4-6-8-15/h4-12H,3H2,1-2H3,(H,18,22)(H,19,21). The Bertz CT molecular complexity index is 657. The summed E-state index contributed by atoms with van der Waals surface area (Å²) in [6, 6.07) is 16.1. The molecule has 6 nitrogen and oxygen atoms in total. The lowest BCUT2D eigenvalue weighted by Crippen LogP contribution is -2.39. The van der Waals surface area contributed by atoms with Crippen LogP contribution in [-0.4, -0.2) is 25.7 Å². The first-order valence-corrected chi connectivity index (χ1v) is 7.23. The number of hydrogen-bond acceptors (Lipinski definition) is 4. The van der Waals surface area contributed by atoms with Crippen molar-refractivity contribution >= 4 is 23.4 Å². The van der Waals surface area contributed by atoms with Crippen molar-refractivity contribution in [1.82, 2.24) is 5.43 Å². The zero-order valence-corrected chi connectivity index (χ0v) is 13.1. The fourth-order valence-electron chi connectivity index (χ4n) is 1.92. The Labute approximate surface area is 135 Å². The predicted molar refractivity (Wildman–Crippen MR) is 89.4 cm³/mol. The Balaban J connectivity index is 1.96. The molecule has 0 radical (unpaired) electrons. The van der Waals surface area contributed by atoms with Gasteiger partial charge in [0.1, 0.15) is 0 Å². The quantitative estimate of drug-likeness (QED) is 0.832. The number of hydrazine groups is 1. The number of ether oxygens (including phenoxy) is 1. The second-order valence-electron chi connectivity index (χ2n) is 4.76. The minimum absolute atomic E-state index is 0.237. The summed E-state index contributed by atoms with van der Waals surface area (Å²) >= 11 is 0. The SMILES string of the molecule is CCOC(=O)Nc1ccc(C(=O)NN(C)c2ccccc2)cc1. The van der Waals surface area contributed by atoms with Gasteiger partial charge in [-0.25, -0.2) is 4.79 Å². The number of carbonyl (C=O) groups excluding carboxylic acids is 2. The van der Waals surface area contributed by atoms with Crippen molar-refractivity contribution in [2.75, 3.05) is 24.0 Å². The number of hydrogen-bond donors (Lipinski definition) is 2. The zero-order chi connectivity index (χ0) is 16.7. The highest BCUT2D eigenvalue weighted by Gasteiger charge is 2.09. The second-order valence-corrected chi connectivity index (χ2v) is 4.76. The molecule has 2 amide bonds. The van der Waals surface area contributed by atoms with Crippen LogP contribution in [0.5, 0.6) is 0 Å². The van der Waals surface area contributed by atoms with Crippen LogP contribution < -0.4 is 15.8 Å². The maximum absolute atomic E-state index is 12.2. The maximum atomic E-state index is 12.2. The van der Waals surface area contributed by atoms with E-state index < -0.39 is 6.09 Å². The van der Waals surface area contributed by atoms with E-state index in [0.717, 1.165) is 5.69 Å². The van der Waals surface area contributed by atoms with Crippen LogP contribution in [0.3, 0.4) is 0 Å². The number of anilines is 2. The summed E-state index contributed by atoms with van der Waals surface area (Å²) < 4.78 is 4.79. The van der Waals surface area contributed by atoms with Gasteiger partial charge in [-0.3, -0.25) is 20.5 Å². The largest absolute Gasteiger partial charge is 0.450 e. The molecule has 0 saturated heterocycles. The minimum atomic E-state index is -0.520. The molecule has 0 bridgehead atoms. The minimum Gasteiger partial charge on any atom is -0.450 e. The fraction of sp³-hybridized carbons (Fsp3) is 0.176. The average molecular weight is 313 g/mol. The summed E-state index contributed by atoms with van der Waals surface area (Å²) in [6.45, 7) is 2.04. The number of nitrogens with zero attached hydrogens (tertiary/aromatic N) is 1. The Morgan fingerprint density at radius 3 is 2.30 bits per heavy atom. The number of para-hydroxylation sites is 1. The van der Waals surface area contributed by atoms with Gasteiger partial charge in [0.25, 0.3) is 5.91 Å². The van der Waals surface area contributed by atoms with Crippen LogP contribution in [0.25, 0.3) is 0 Å². The first kappa shape index (κ1) is 16.4. The fourth-order valence-corrected chi connectivity index (χ4v) is 1.92. The van der Waals surface area contributed by atoms with Gasteiger partial charge in [0.15, 0.2) is 0 Å². The molecule has 0 aromatic heterocycles. The topological polar surface area (TPSA) is 70.7 Å². The van der Waals surface area contributed by atoms with Crippen LogP contribution in [0.2, 0.25) is 0 Å². The Hall–Kier alpha value is -3.02. The molecular formula is C17H19N3O3. The van der Waals surface area contributed by atoms with E-state index in [2.05, 4.69) is 10.7 Å². The van der Waals surface area contributed by atoms with Crippen molar-refractivity contribution in [3.63, 3.8) is 0 Å². The lowest BCUT2D eigenvalue weighted by atomic mass is 10.2. The Morgan fingerprint density at radius 1 is 1.04 bits per heavy atom. The molecule has 0 saturated carbocycles. The van der Waals surface area contributed by atoms with Crippen LogP contribution in [0.4, 0.5) is 16.2 Å². The predicted octanol–water partition coefficient (Wildman–Crippen LogP) is 3.04. The molecule has 6 heteroatoms. The summed E-state index contributed by atoms with van der Waals surface area (Å²) in [5.74, 6) is -0.237. The van der Waals surface area contributed by atoms with E-state index in [1.807, 2.05) is 30.3 Å². The summed E-state index contributed by atoms with van der Waals surface area (Å²) in [5, 5.41) is 4.22. The van der Waals surface area contributed by atoms with Crippen LogP contribution >= 0.6 is 0 Å². The Morgan fingerprint density at radius 2 is 1.70 bits per heavy atom. The van der Waals surface area contributed by atoms with Crippen molar-refractivity contribution in [2.24, 2.45) is 0 Å². The third-order valence-corrected chi connectivity index (χ3v) is 3.08. The number of benzene rings is 2. The van der Waals surface area contributed by atoms with E-state index in [-0.39, 0.29) is 5.91 Å². The molecule has 2 aromatic rings. The summed E-state index contributed by atoms with van der Waals surface area (Å²) in [4.78, 5) is 23.5. The molecule has 0 unspecified atom stereocenters. The zero-order valence-electron chi connectivity index (χ0n) is 13.1. The number of amides is 2. The van der Waals surface area contributed by atoms with E-state index in [1.165, 1.54) is 0 Å². The smallest absolute Gasteiger partial charge is 0.411 e. The first-order valence-electron chi connectivity index (χ1n) is 7.23. The number of nitrogens with one attached hydrogen (secondary N) is 2. The monoisotopic (exact) mass is 313 g/mol. The molecule has 2 aromatic carbocycles. The van der Waals surface area contributed by atoms with Gasteiger partial charge >= 0.3 is 6.09 Å². The molecule has 23 heavy (non-hydrogen) atoms. The van der Waals surface area contributed by atoms with Gasteiger partial charge in [0, 0.05) is 18.3 Å². The van der Waals surface area contributed by atoms with Gasteiger partial charge in [0.05, 0.1) is 12.3 Å². The van der Waals surface area contributed by atoms with Crippen molar-refractivity contribution in [2.45, 2.75) is 6.92 Å². The lowest BCUT2D eigenvalue weighted by molar-refractivity contribution is 0.0951. The van der Waals surface area contributed by atoms with Crippen LogP contribution in [-0.2, 0) is 4.74 Å². The third kappa shape index (κ3) is 4.74. The highest BCUT2D eigenvalue weighted by atomic mass is 16.5. The molecule has 2 rings (SSSR count). The van der Waals surface area contributed by atoms with E-state index >= 15 is 0 Å². The number of carbonyl (C=O) groups is 2. The van der Waals surface area contributed by atoms with E-state index in [4.69, 9.17) is 4.74 Å². The van der Waals surface area contributed by atoms with E-state index in [0.29, 0.717) is 17.9 Å². The van der Waals surface area contributed by atoms with E-state index in [9.17, 15) is 9.59 Å². The van der Waals surface area contributed by atoms with Crippen LogP contribution in [0, 0.1) is 0 Å². The maximum Gasteiger partial charge on any atom is 0.411 e. The summed E-state index contributed by atoms with van der Waals surface area (Å²) in [7, 11) is 1.77. The van der Waals surface area contributed by atoms with Gasteiger partial charge in [-0.2, -0.15) is 0 Å². The van der Waals surface area contributed by atoms with Crippen LogP contribution in [0.15, 0.2) is 54.6 Å². The third-order valence-electron chi connectivity index (χ3n) is 3.08. The summed E-state index contributed by atoms with van der Waals surface area (Å²) in [6.07, 6.45) is -0.520. The highest BCUT2D eigenvalue weighted by molar-refractivity contribution is 5.95. The molecule has 0 fully saturated rings. The molecule has 120 valence electrons. The first-order chi connectivity index (χ1) is 11.1. The van der Waals surface area contributed by atoms with Crippen molar-refractivity contribution in [1.29, 1.82) is 0 Å². The van der Waals surface area contributed by atoms with E-state index in [1.54, 1.807) is 43.2 Å². The molecule has 0 atom stereocenters. The molecule has 2 N–H and O–H groups in total.